The third-order valence-corrected chi connectivity index (χ3v) is 4.29. The smallest absolute Gasteiger partial charge is 0.330 e. The molecule has 0 bridgehead atoms. The molecule has 2 N–H and O–H groups in total. The number of nitrogens with one attached hydrogen (secondary N) is 2. The lowest BCUT2D eigenvalue weighted by Gasteiger charge is -2.18. The predicted molar refractivity (Wildman–Crippen MR) is 98.6 cm³/mol. The molecule has 2 amide bonds. The minimum absolute atomic E-state index is 0.0244. The second-order valence-corrected chi connectivity index (χ2v) is 6.54. The Labute approximate surface area is 157 Å². The first-order valence-corrected chi connectivity index (χ1v) is 9.02. The average molecular weight is 379 g/mol. The van der Waals surface area contributed by atoms with Gasteiger partial charge in [-0.3, -0.25) is 9.59 Å². The van der Waals surface area contributed by atoms with Crippen LogP contribution >= 0.6 is 11.6 Å². The summed E-state index contributed by atoms with van der Waals surface area (Å²) in [6, 6.07) is 6.65. The fourth-order valence-electron chi connectivity index (χ4n) is 2.84. The van der Waals surface area contributed by atoms with Crippen molar-refractivity contribution >= 4 is 29.4 Å². The molecule has 0 aromatic heterocycles. The monoisotopic (exact) mass is 378 g/mol. The molecule has 1 aliphatic rings. The standard InChI is InChI=1S/C19H23ClN2O4/c1-2-26-18(24)7-6-16(12-14-8-9-21-19(14)25)22-17(23)11-13-4-3-5-15(20)10-13/h3-7,10,14,16H,2,8-9,11-12H2,1H3,(H,21,25)(H,22,23)/t14-,16+/m0/s1. The Morgan fingerprint density at radius 2 is 2.27 bits per heavy atom. The SMILES string of the molecule is CCOC(=O)C=C[C@H](C[C@@H]1CCNC1=O)NC(=O)Cc1cccc(Cl)c1. The van der Waals surface area contributed by atoms with Crippen LogP contribution in [-0.4, -0.2) is 37.0 Å². The van der Waals surface area contributed by atoms with E-state index in [1.807, 2.05) is 6.07 Å². The van der Waals surface area contributed by atoms with Gasteiger partial charge >= 0.3 is 5.97 Å². The van der Waals surface area contributed by atoms with Crippen LogP contribution in [0.15, 0.2) is 36.4 Å². The van der Waals surface area contributed by atoms with E-state index < -0.39 is 12.0 Å². The van der Waals surface area contributed by atoms with Gasteiger partial charge in [0.15, 0.2) is 0 Å². The van der Waals surface area contributed by atoms with Gasteiger partial charge < -0.3 is 15.4 Å². The zero-order valence-corrected chi connectivity index (χ0v) is 15.4. The van der Waals surface area contributed by atoms with Gasteiger partial charge in [-0.15, -0.1) is 0 Å². The Kier molecular flexibility index (Phi) is 7.66. The number of carbonyl (C=O) groups is 3. The normalized spacial score (nSPS) is 17.8. The first kappa shape index (κ1) is 20.0. The van der Waals surface area contributed by atoms with Crippen LogP contribution in [0.1, 0.15) is 25.3 Å². The van der Waals surface area contributed by atoms with Gasteiger partial charge in [0.2, 0.25) is 11.8 Å². The predicted octanol–water partition coefficient (Wildman–Crippen LogP) is 2.01. The molecule has 1 aromatic rings. The summed E-state index contributed by atoms with van der Waals surface area (Å²) in [4.78, 5) is 35.7. The lowest BCUT2D eigenvalue weighted by molar-refractivity contribution is -0.137. The molecule has 0 spiro atoms. The highest BCUT2D eigenvalue weighted by atomic mass is 35.5. The van der Waals surface area contributed by atoms with E-state index in [1.54, 1.807) is 31.2 Å². The van der Waals surface area contributed by atoms with Gasteiger partial charge in [0.1, 0.15) is 0 Å². The third kappa shape index (κ3) is 6.52. The minimum Gasteiger partial charge on any atom is -0.463 e. The van der Waals surface area contributed by atoms with Crippen LogP contribution in [-0.2, 0) is 25.5 Å². The molecular formula is C19H23ClN2O4. The summed E-state index contributed by atoms with van der Waals surface area (Å²) in [5, 5.41) is 6.22. The fourth-order valence-corrected chi connectivity index (χ4v) is 3.05. The van der Waals surface area contributed by atoms with Crippen LogP contribution in [0.3, 0.4) is 0 Å². The Hall–Kier alpha value is -2.34. The van der Waals surface area contributed by atoms with E-state index in [1.165, 1.54) is 6.08 Å². The van der Waals surface area contributed by atoms with Crippen molar-refractivity contribution in [3.63, 3.8) is 0 Å². The molecule has 1 aliphatic heterocycles. The Morgan fingerprint density at radius 1 is 1.46 bits per heavy atom. The molecule has 140 valence electrons. The highest BCUT2D eigenvalue weighted by molar-refractivity contribution is 6.30. The van der Waals surface area contributed by atoms with Gasteiger partial charge in [-0.25, -0.2) is 4.79 Å². The van der Waals surface area contributed by atoms with Gasteiger partial charge in [0.25, 0.3) is 0 Å². The summed E-state index contributed by atoms with van der Waals surface area (Å²) >= 11 is 5.94. The molecule has 0 unspecified atom stereocenters. The number of hydrogen-bond donors (Lipinski definition) is 2. The highest BCUT2D eigenvalue weighted by Gasteiger charge is 2.27. The number of rotatable bonds is 8. The molecule has 26 heavy (non-hydrogen) atoms. The van der Waals surface area contributed by atoms with E-state index in [-0.39, 0.29) is 30.8 Å². The van der Waals surface area contributed by atoms with Gasteiger partial charge in [-0.2, -0.15) is 0 Å². The number of benzene rings is 1. The molecule has 2 atom stereocenters. The molecule has 0 radical (unpaired) electrons. The Bertz CT molecular complexity index is 690. The number of ether oxygens (including phenoxy) is 1. The summed E-state index contributed by atoms with van der Waals surface area (Å²) in [6.07, 6.45) is 4.19. The topological polar surface area (TPSA) is 84.5 Å². The van der Waals surface area contributed by atoms with Gasteiger partial charge in [0.05, 0.1) is 13.0 Å². The van der Waals surface area contributed by atoms with Crippen molar-refractivity contribution in [3.05, 3.63) is 47.0 Å². The molecule has 1 heterocycles. The molecule has 6 nitrogen and oxygen atoms in total. The van der Waals surface area contributed by atoms with Crippen LogP contribution in [0.2, 0.25) is 5.02 Å². The van der Waals surface area contributed by atoms with E-state index in [4.69, 9.17) is 16.3 Å². The van der Waals surface area contributed by atoms with Gasteiger partial charge in [0, 0.05) is 29.6 Å². The summed E-state index contributed by atoms with van der Waals surface area (Å²) in [5.74, 6) is -0.886. The fraction of sp³-hybridized carbons (Fsp3) is 0.421. The molecule has 1 fully saturated rings. The first-order chi connectivity index (χ1) is 12.5. The van der Waals surface area contributed by atoms with Crippen LogP contribution in [0.4, 0.5) is 0 Å². The van der Waals surface area contributed by atoms with E-state index in [2.05, 4.69) is 10.6 Å². The van der Waals surface area contributed by atoms with Crippen LogP contribution in [0, 0.1) is 5.92 Å². The minimum atomic E-state index is -0.475. The van der Waals surface area contributed by atoms with Crippen molar-refractivity contribution in [2.24, 2.45) is 5.92 Å². The molecular weight excluding hydrogens is 356 g/mol. The molecule has 2 rings (SSSR count). The van der Waals surface area contributed by atoms with Crippen molar-refractivity contribution < 1.29 is 19.1 Å². The second kappa shape index (κ2) is 9.97. The molecule has 1 saturated heterocycles. The summed E-state index contributed by atoms with van der Waals surface area (Å²) in [7, 11) is 0. The lowest BCUT2D eigenvalue weighted by Crippen LogP contribution is -2.37. The van der Waals surface area contributed by atoms with E-state index in [9.17, 15) is 14.4 Å². The van der Waals surface area contributed by atoms with E-state index in [0.717, 1.165) is 5.56 Å². The average Bonchev–Trinajstić information content (AvgIpc) is 2.98. The van der Waals surface area contributed by atoms with E-state index in [0.29, 0.717) is 24.4 Å². The second-order valence-electron chi connectivity index (χ2n) is 6.10. The number of carbonyl (C=O) groups excluding carboxylic acids is 3. The number of hydrogen-bond acceptors (Lipinski definition) is 4. The molecule has 7 heteroatoms. The maximum absolute atomic E-state index is 12.4. The van der Waals surface area contributed by atoms with Gasteiger partial charge in [-0.05, 0) is 37.5 Å². The number of esters is 1. The third-order valence-electron chi connectivity index (χ3n) is 4.05. The van der Waals surface area contributed by atoms with Crippen molar-refractivity contribution in [1.29, 1.82) is 0 Å². The van der Waals surface area contributed by atoms with Crippen molar-refractivity contribution in [2.45, 2.75) is 32.2 Å². The van der Waals surface area contributed by atoms with Crippen LogP contribution in [0.5, 0.6) is 0 Å². The maximum Gasteiger partial charge on any atom is 0.330 e. The first-order valence-electron chi connectivity index (χ1n) is 8.64. The summed E-state index contributed by atoms with van der Waals surface area (Å²) in [6.45, 7) is 2.63. The quantitative estimate of drug-likeness (QED) is 0.535. The van der Waals surface area contributed by atoms with Crippen molar-refractivity contribution in [1.82, 2.24) is 10.6 Å². The Balaban J connectivity index is 2.00. The largest absolute Gasteiger partial charge is 0.463 e. The van der Waals surface area contributed by atoms with Crippen LogP contribution in [0.25, 0.3) is 0 Å². The zero-order valence-electron chi connectivity index (χ0n) is 14.7. The lowest BCUT2D eigenvalue weighted by atomic mass is 9.97. The number of amides is 2. The highest BCUT2D eigenvalue weighted by Crippen LogP contribution is 2.17. The zero-order chi connectivity index (χ0) is 18.9. The summed E-state index contributed by atoms with van der Waals surface area (Å²) in [5.41, 5.74) is 0.793. The van der Waals surface area contributed by atoms with Crippen molar-refractivity contribution in [2.75, 3.05) is 13.2 Å². The van der Waals surface area contributed by atoms with E-state index >= 15 is 0 Å². The van der Waals surface area contributed by atoms with Gasteiger partial charge in [-0.1, -0.05) is 29.8 Å². The van der Waals surface area contributed by atoms with Crippen molar-refractivity contribution in [3.8, 4) is 0 Å². The molecule has 0 saturated carbocycles. The number of halogens is 1. The summed E-state index contributed by atoms with van der Waals surface area (Å²) < 4.78 is 4.86. The Morgan fingerprint density at radius 3 is 2.92 bits per heavy atom. The molecule has 0 aliphatic carbocycles. The van der Waals surface area contributed by atoms with Crippen LogP contribution < -0.4 is 10.6 Å². The molecule has 1 aromatic carbocycles. The maximum atomic E-state index is 12.4.